The van der Waals surface area contributed by atoms with Gasteiger partial charge in [-0.2, -0.15) is 0 Å². The zero-order chi connectivity index (χ0) is 13.7. The number of hydrogen-bond acceptors (Lipinski definition) is 4. The van der Waals surface area contributed by atoms with E-state index >= 15 is 0 Å². The molecule has 0 spiro atoms. The van der Waals surface area contributed by atoms with E-state index in [1.54, 1.807) is 7.11 Å². The van der Waals surface area contributed by atoms with Crippen LogP contribution in [0.5, 0.6) is 5.75 Å². The summed E-state index contributed by atoms with van der Waals surface area (Å²) in [4.78, 5) is 10.5. The van der Waals surface area contributed by atoms with Crippen molar-refractivity contribution in [2.45, 2.75) is 18.9 Å². The molecule has 0 aromatic heterocycles. The summed E-state index contributed by atoms with van der Waals surface area (Å²) in [6.07, 6.45) is 1.75. The van der Waals surface area contributed by atoms with Crippen molar-refractivity contribution in [3.05, 3.63) is 29.8 Å². The lowest BCUT2D eigenvalue weighted by Crippen LogP contribution is -2.28. The molecule has 0 heterocycles. The number of hydrogen-bond donors (Lipinski definition) is 2. The third-order valence-corrected chi connectivity index (χ3v) is 3.28. The van der Waals surface area contributed by atoms with Crippen molar-refractivity contribution in [3.8, 4) is 5.75 Å². The first-order valence-corrected chi connectivity index (χ1v) is 6.50. The number of amides is 1. The Bertz CT molecular complexity index is 415. The molecule has 2 rings (SSSR count). The third-order valence-electron chi connectivity index (χ3n) is 3.28. The van der Waals surface area contributed by atoms with E-state index in [1.165, 1.54) is 18.4 Å². The molecular formula is C14H20N2O3. The Morgan fingerprint density at radius 1 is 1.42 bits per heavy atom. The van der Waals surface area contributed by atoms with Gasteiger partial charge in [0.1, 0.15) is 12.4 Å². The fourth-order valence-corrected chi connectivity index (χ4v) is 2.16. The first-order valence-electron chi connectivity index (χ1n) is 6.50. The molecule has 3 N–H and O–H groups in total. The van der Waals surface area contributed by atoms with E-state index in [9.17, 15) is 4.79 Å². The van der Waals surface area contributed by atoms with Crippen LogP contribution in [-0.2, 0) is 4.74 Å². The van der Waals surface area contributed by atoms with E-state index < -0.39 is 6.09 Å². The normalized spacial score (nSPS) is 15.8. The van der Waals surface area contributed by atoms with Gasteiger partial charge in [0.15, 0.2) is 0 Å². The van der Waals surface area contributed by atoms with Crippen molar-refractivity contribution >= 4 is 6.09 Å². The highest BCUT2D eigenvalue weighted by Gasteiger charge is 2.31. The lowest BCUT2D eigenvalue weighted by molar-refractivity contribution is 0.155. The number of carbonyl (C=O) groups is 1. The maximum atomic E-state index is 10.5. The average Bonchev–Trinajstić information content (AvgIpc) is 3.23. The monoisotopic (exact) mass is 264 g/mol. The summed E-state index contributed by atoms with van der Waals surface area (Å²) in [5.41, 5.74) is 6.16. The molecule has 1 aromatic carbocycles. The number of rotatable bonds is 7. The Morgan fingerprint density at radius 2 is 2.11 bits per heavy atom. The summed E-state index contributed by atoms with van der Waals surface area (Å²) in [5.74, 6) is 1.53. The van der Waals surface area contributed by atoms with Crippen molar-refractivity contribution in [3.63, 3.8) is 0 Å². The Labute approximate surface area is 113 Å². The maximum absolute atomic E-state index is 10.5. The fourth-order valence-electron chi connectivity index (χ4n) is 2.16. The molecule has 0 bridgehead atoms. The Morgan fingerprint density at radius 3 is 2.63 bits per heavy atom. The second-order valence-electron chi connectivity index (χ2n) is 4.71. The number of benzene rings is 1. The lowest BCUT2D eigenvalue weighted by atomic mass is 10.0. The number of carbonyl (C=O) groups excluding carboxylic acids is 1. The van der Waals surface area contributed by atoms with Crippen LogP contribution in [0.15, 0.2) is 24.3 Å². The standard InChI is InChI=1S/C14H20N2O3/c1-18-12-6-4-11(5-7-12)13(10-2-3-10)16-8-9-19-14(15)17/h4-7,10,13,16H,2-3,8-9H2,1H3,(H2,15,17). The van der Waals surface area contributed by atoms with Gasteiger partial charge in [0.25, 0.3) is 0 Å². The average molecular weight is 264 g/mol. The molecule has 1 saturated carbocycles. The molecule has 0 radical (unpaired) electrons. The van der Waals surface area contributed by atoms with E-state index in [1.807, 2.05) is 12.1 Å². The molecule has 5 heteroatoms. The SMILES string of the molecule is COc1ccc(C(NCCOC(N)=O)C2CC2)cc1. The van der Waals surface area contributed by atoms with E-state index in [0.717, 1.165) is 5.75 Å². The van der Waals surface area contributed by atoms with Crippen molar-refractivity contribution in [2.24, 2.45) is 11.7 Å². The molecule has 5 nitrogen and oxygen atoms in total. The summed E-state index contributed by atoms with van der Waals surface area (Å²) < 4.78 is 9.88. The van der Waals surface area contributed by atoms with Crippen molar-refractivity contribution in [1.29, 1.82) is 0 Å². The van der Waals surface area contributed by atoms with Gasteiger partial charge < -0.3 is 20.5 Å². The second kappa shape index (κ2) is 6.43. The van der Waals surface area contributed by atoms with Gasteiger partial charge in [-0.1, -0.05) is 12.1 Å². The molecule has 104 valence electrons. The first kappa shape index (κ1) is 13.7. The van der Waals surface area contributed by atoms with Crippen molar-refractivity contribution in [2.75, 3.05) is 20.3 Å². The summed E-state index contributed by atoms with van der Waals surface area (Å²) in [5, 5.41) is 3.42. The van der Waals surface area contributed by atoms with Crippen LogP contribution in [0.25, 0.3) is 0 Å². The lowest BCUT2D eigenvalue weighted by Gasteiger charge is -2.19. The second-order valence-corrected chi connectivity index (χ2v) is 4.71. The third kappa shape index (κ3) is 4.13. The molecule has 1 atom stereocenters. The zero-order valence-electron chi connectivity index (χ0n) is 11.1. The highest BCUT2D eigenvalue weighted by Crippen LogP contribution is 2.41. The predicted molar refractivity (Wildman–Crippen MR) is 72.0 cm³/mol. The van der Waals surface area contributed by atoms with E-state index in [2.05, 4.69) is 17.4 Å². The van der Waals surface area contributed by atoms with Gasteiger partial charge in [0.05, 0.1) is 7.11 Å². The van der Waals surface area contributed by atoms with Crippen LogP contribution in [0, 0.1) is 5.92 Å². The molecule has 0 aliphatic heterocycles. The molecular weight excluding hydrogens is 244 g/mol. The minimum atomic E-state index is -0.728. The van der Waals surface area contributed by atoms with Crippen LogP contribution >= 0.6 is 0 Å². The number of nitrogens with one attached hydrogen (secondary N) is 1. The Kier molecular flexibility index (Phi) is 4.63. The molecule has 1 fully saturated rings. The summed E-state index contributed by atoms with van der Waals surface area (Å²) in [7, 11) is 1.66. The molecule has 1 aromatic rings. The van der Waals surface area contributed by atoms with Crippen LogP contribution in [0.3, 0.4) is 0 Å². The van der Waals surface area contributed by atoms with Crippen LogP contribution in [0.1, 0.15) is 24.4 Å². The summed E-state index contributed by atoms with van der Waals surface area (Å²) in [6, 6.07) is 8.38. The number of methoxy groups -OCH3 is 1. The maximum Gasteiger partial charge on any atom is 0.404 e. The van der Waals surface area contributed by atoms with Crippen molar-refractivity contribution < 1.29 is 14.3 Å². The van der Waals surface area contributed by atoms with E-state index in [-0.39, 0.29) is 0 Å². The largest absolute Gasteiger partial charge is 0.497 e. The summed E-state index contributed by atoms with van der Waals surface area (Å²) in [6.45, 7) is 0.908. The van der Waals surface area contributed by atoms with Gasteiger partial charge in [0.2, 0.25) is 0 Å². The van der Waals surface area contributed by atoms with E-state index in [4.69, 9.17) is 15.2 Å². The molecule has 1 unspecified atom stereocenters. The number of ether oxygens (including phenoxy) is 2. The van der Waals surface area contributed by atoms with Gasteiger partial charge in [0, 0.05) is 12.6 Å². The smallest absolute Gasteiger partial charge is 0.404 e. The number of primary amides is 1. The molecule has 1 aliphatic rings. The topological polar surface area (TPSA) is 73.6 Å². The van der Waals surface area contributed by atoms with Crippen molar-refractivity contribution in [1.82, 2.24) is 5.32 Å². The first-order chi connectivity index (χ1) is 9.20. The van der Waals surface area contributed by atoms with Gasteiger partial charge in [-0.25, -0.2) is 4.79 Å². The van der Waals surface area contributed by atoms with Gasteiger partial charge >= 0.3 is 6.09 Å². The fraction of sp³-hybridized carbons (Fsp3) is 0.500. The molecule has 0 saturated heterocycles. The highest BCUT2D eigenvalue weighted by molar-refractivity contribution is 5.64. The quantitative estimate of drug-likeness (QED) is 0.737. The molecule has 1 aliphatic carbocycles. The minimum Gasteiger partial charge on any atom is -0.497 e. The highest BCUT2D eigenvalue weighted by atomic mass is 16.5. The molecule has 19 heavy (non-hydrogen) atoms. The van der Waals surface area contributed by atoms with Gasteiger partial charge in [-0.15, -0.1) is 0 Å². The van der Waals surface area contributed by atoms with Crippen LogP contribution < -0.4 is 15.8 Å². The van der Waals surface area contributed by atoms with Crippen LogP contribution in [-0.4, -0.2) is 26.4 Å². The Balaban J connectivity index is 1.89. The van der Waals surface area contributed by atoms with Crippen LogP contribution in [0.4, 0.5) is 4.79 Å². The Hall–Kier alpha value is -1.75. The van der Waals surface area contributed by atoms with Gasteiger partial charge in [-0.05, 0) is 36.5 Å². The molecule has 1 amide bonds. The van der Waals surface area contributed by atoms with Crippen LogP contribution in [0.2, 0.25) is 0 Å². The van der Waals surface area contributed by atoms with Gasteiger partial charge in [-0.3, -0.25) is 0 Å². The zero-order valence-corrected chi connectivity index (χ0v) is 11.1. The minimum absolute atomic E-state index is 0.300. The summed E-state index contributed by atoms with van der Waals surface area (Å²) >= 11 is 0. The van der Waals surface area contributed by atoms with E-state index in [0.29, 0.717) is 25.1 Å². The predicted octanol–water partition coefficient (Wildman–Crippen LogP) is 1.83. The number of nitrogens with two attached hydrogens (primary N) is 1.